The minimum Gasteiger partial charge on any atom is -0.497 e. The van der Waals surface area contributed by atoms with Gasteiger partial charge in [0.05, 0.1) is 14.2 Å². The number of carbonyl (C=O) groups excluding carboxylic acids is 1. The number of hydrogen-bond donors (Lipinski definition) is 0. The summed E-state index contributed by atoms with van der Waals surface area (Å²) in [6.45, 7) is 7.83. The first-order valence-corrected chi connectivity index (χ1v) is 8.96. The van der Waals surface area contributed by atoms with E-state index in [0.29, 0.717) is 17.2 Å². The zero-order chi connectivity index (χ0) is 18.2. The monoisotopic (exact) mass is 343 g/mol. The van der Waals surface area contributed by atoms with Gasteiger partial charge in [0, 0.05) is 30.3 Å². The second kappa shape index (κ2) is 6.40. The van der Waals surface area contributed by atoms with E-state index >= 15 is 0 Å². The average molecular weight is 343 g/mol. The number of fused-ring (bicyclic) bond motifs is 2. The van der Waals surface area contributed by atoms with Gasteiger partial charge in [-0.05, 0) is 48.3 Å². The number of amides is 1. The predicted molar refractivity (Wildman–Crippen MR) is 99.8 cm³/mol. The Kier molecular flexibility index (Phi) is 4.56. The van der Waals surface area contributed by atoms with Crippen molar-refractivity contribution in [3.8, 4) is 11.5 Å². The van der Waals surface area contributed by atoms with Crippen LogP contribution in [0.5, 0.6) is 11.5 Å². The summed E-state index contributed by atoms with van der Waals surface area (Å²) in [5.74, 6) is 1.55. The Labute approximate surface area is 150 Å². The van der Waals surface area contributed by atoms with E-state index in [-0.39, 0.29) is 11.3 Å². The van der Waals surface area contributed by atoms with Crippen LogP contribution in [0.4, 0.5) is 0 Å². The second-order valence-electron chi connectivity index (χ2n) is 8.62. The Morgan fingerprint density at radius 2 is 1.96 bits per heavy atom. The highest BCUT2D eigenvalue weighted by Gasteiger charge is 2.50. The number of hydrogen-bond acceptors (Lipinski definition) is 3. The van der Waals surface area contributed by atoms with Crippen molar-refractivity contribution in [1.82, 2.24) is 4.90 Å². The molecule has 2 fully saturated rings. The van der Waals surface area contributed by atoms with E-state index < -0.39 is 0 Å². The molecule has 1 saturated carbocycles. The molecule has 1 amide bonds. The first-order valence-electron chi connectivity index (χ1n) is 8.96. The maximum absolute atomic E-state index is 12.8. The zero-order valence-corrected chi connectivity index (χ0v) is 16.0. The van der Waals surface area contributed by atoms with E-state index in [1.807, 2.05) is 24.3 Å². The van der Waals surface area contributed by atoms with Crippen LogP contribution < -0.4 is 9.47 Å². The van der Waals surface area contributed by atoms with Crippen molar-refractivity contribution < 1.29 is 14.3 Å². The first-order chi connectivity index (χ1) is 11.8. The quantitative estimate of drug-likeness (QED) is 0.771. The lowest BCUT2D eigenvalue weighted by molar-refractivity contribution is -0.127. The van der Waals surface area contributed by atoms with Gasteiger partial charge < -0.3 is 14.4 Å². The van der Waals surface area contributed by atoms with Gasteiger partial charge >= 0.3 is 0 Å². The molecular formula is C21H29NO3. The second-order valence-corrected chi connectivity index (χ2v) is 8.62. The maximum atomic E-state index is 12.8. The lowest BCUT2D eigenvalue weighted by atomic mass is 9.65. The number of carbonyl (C=O) groups is 1. The van der Waals surface area contributed by atoms with Gasteiger partial charge in [-0.3, -0.25) is 4.79 Å². The molecule has 4 heteroatoms. The smallest absolute Gasteiger partial charge is 0.246 e. The zero-order valence-electron chi connectivity index (χ0n) is 16.0. The highest BCUT2D eigenvalue weighted by atomic mass is 16.5. The molecular weight excluding hydrogens is 314 g/mol. The highest BCUT2D eigenvalue weighted by Crippen LogP contribution is 2.52. The van der Waals surface area contributed by atoms with Crippen molar-refractivity contribution in [3.05, 3.63) is 29.8 Å². The van der Waals surface area contributed by atoms with Crippen molar-refractivity contribution in [1.29, 1.82) is 0 Å². The third-order valence-corrected chi connectivity index (χ3v) is 5.54. The molecule has 3 rings (SSSR count). The molecule has 0 N–H and O–H groups in total. The third kappa shape index (κ3) is 3.68. The number of methoxy groups -OCH3 is 2. The lowest BCUT2D eigenvalue weighted by Gasteiger charge is -2.39. The minimum absolute atomic E-state index is 0.101. The van der Waals surface area contributed by atoms with Crippen LogP contribution in [0.1, 0.15) is 45.6 Å². The van der Waals surface area contributed by atoms with Crippen LogP contribution in [0.2, 0.25) is 0 Å². The molecule has 0 aromatic heterocycles. The summed E-state index contributed by atoms with van der Waals surface area (Å²) < 4.78 is 10.6. The Bertz CT molecular complexity index is 694. The summed E-state index contributed by atoms with van der Waals surface area (Å²) in [6, 6.07) is 5.98. The summed E-state index contributed by atoms with van der Waals surface area (Å²) >= 11 is 0. The summed E-state index contributed by atoms with van der Waals surface area (Å²) in [6.07, 6.45) is 6.93. The van der Waals surface area contributed by atoms with Gasteiger partial charge in [0.25, 0.3) is 0 Å². The number of rotatable bonds is 4. The van der Waals surface area contributed by atoms with Crippen molar-refractivity contribution in [3.63, 3.8) is 0 Å². The van der Waals surface area contributed by atoms with Crippen molar-refractivity contribution in [2.45, 2.75) is 46.1 Å². The summed E-state index contributed by atoms with van der Waals surface area (Å²) in [4.78, 5) is 14.9. The van der Waals surface area contributed by atoms with Gasteiger partial charge in [-0.15, -0.1) is 0 Å². The van der Waals surface area contributed by atoms with Crippen LogP contribution in [0.3, 0.4) is 0 Å². The van der Waals surface area contributed by atoms with E-state index in [4.69, 9.17) is 9.47 Å². The van der Waals surface area contributed by atoms with E-state index in [0.717, 1.165) is 30.7 Å². The molecule has 1 aromatic carbocycles. The number of benzene rings is 1. The molecule has 2 unspecified atom stereocenters. The SMILES string of the molecule is COc1ccc(/C=C/C(=O)N2CC3(C)CC2CC(C)(C)C3)c(OC)c1. The van der Waals surface area contributed by atoms with Crippen LogP contribution in [-0.2, 0) is 4.79 Å². The number of ether oxygens (including phenoxy) is 2. The molecule has 25 heavy (non-hydrogen) atoms. The molecule has 1 heterocycles. The fourth-order valence-corrected chi connectivity index (χ4v) is 4.93. The first kappa shape index (κ1) is 17.8. The standard InChI is InChI=1S/C21H29NO3/c1-20(2)11-16-12-21(3,13-20)14-22(16)19(23)9-7-15-6-8-17(24-4)10-18(15)25-5/h6-10,16H,11-14H2,1-5H3/b9-7+. The molecule has 2 atom stereocenters. The number of nitrogens with zero attached hydrogens (tertiary/aromatic N) is 1. The van der Waals surface area contributed by atoms with Gasteiger partial charge in [0.2, 0.25) is 5.91 Å². The van der Waals surface area contributed by atoms with Crippen LogP contribution in [-0.4, -0.2) is 37.6 Å². The van der Waals surface area contributed by atoms with Gasteiger partial charge in [0.15, 0.2) is 0 Å². The molecule has 1 saturated heterocycles. The summed E-state index contributed by atoms with van der Waals surface area (Å²) in [5, 5.41) is 0. The average Bonchev–Trinajstić information content (AvgIpc) is 2.81. The molecule has 0 spiro atoms. The van der Waals surface area contributed by atoms with Gasteiger partial charge in [-0.2, -0.15) is 0 Å². The van der Waals surface area contributed by atoms with Crippen molar-refractivity contribution in [2.75, 3.05) is 20.8 Å². The molecule has 4 nitrogen and oxygen atoms in total. The van der Waals surface area contributed by atoms with Crippen LogP contribution in [0.15, 0.2) is 24.3 Å². The fraction of sp³-hybridized carbons (Fsp3) is 0.571. The summed E-state index contributed by atoms with van der Waals surface area (Å²) in [5.41, 5.74) is 1.45. The van der Waals surface area contributed by atoms with E-state index in [1.165, 1.54) is 6.42 Å². The van der Waals surface area contributed by atoms with Gasteiger partial charge in [-0.25, -0.2) is 0 Å². The minimum atomic E-state index is 0.101. The molecule has 136 valence electrons. The van der Waals surface area contributed by atoms with Crippen LogP contribution >= 0.6 is 0 Å². The molecule has 1 aliphatic heterocycles. The Morgan fingerprint density at radius 1 is 1.20 bits per heavy atom. The molecule has 1 aromatic rings. The van der Waals surface area contributed by atoms with Crippen molar-refractivity contribution in [2.24, 2.45) is 10.8 Å². The number of likely N-dealkylation sites (tertiary alicyclic amines) is 1. The maximum Gasteiger partial charge on any atom is 0.246 e. The van der Waals surface area contributed by atoms with E-state index in [2.05, 4.69) is 25.7 Å². The molecule has 2 aliphatic rings. The normalized spacial score (nSPS) is 27.6. The highest BCUT2D eigenvalue weighted by molar-refractivity contribution is 5.92. The van der Waals surface area contributed by atoms with Crippen LogP contribution in [0.25, 0.3) is 6.08 Å². The largest absolute Gasteiger partial charge is 0.497 e. The van der Waals surface area contributed by atoms with Crippen molar-refractivity contribution >= 4 is 12.0 Å². The topological polar surface area (TPSA) is 38.8 Å². The Morgan fingerprint density at radius 3 is 2.64 bits per heavy atom. The van der Waals surface area contributed by atoms with E-state index in [9.17, 15) is 4.79 Å². The Balaban J connectivity index is 1.76. The van der Waals surface area contributed by atoms with E-state index in [1.54, 1.807) is 20.3 Å². The van der Waals surface area contributed by atoms with Crippen LogP contribution in [0, 0.1) is 10.8 Å². The summed E-state index contributed by atoms with van der Waals surface area (Å²) in [7, 11) is 3.25. The van der Waals surface area contributed by atoms with Gasteiger partial charge in [0.1, 0.15) is 11.5 Å². The molecule has 2 bridgehead atoms. The third-order valence-electron chi connectivity index (χ3n) is 5.54. The predicted octanol–water partition coefficient (Wildman–Crippen LogP) is 4.14. The molecule has 1 aliphatic carbocycles. The fourth-order valence-electron chi connectivity index (χ4n) is 4.93. The van der Waals surface area contributed by atoms with Gasteiger partial charge in [-0.1, -0.05) is 20.8 Å². The Hall–Kier alpha value is -1.97. The lowest BCUT2D eigenvalue weighted by Crippen LogP contribution is -2.36. The molecule has 0 radical (unpaired) electrons.